The van der Waals surface area contributed by atoms with E-state index in [9.17, 15) is 4.79 Å². The molecule has 1 aliphatic rings. The molecule has 64 valence electrons. The number of hydrogen-bond donors (Lipinski definition) is 1. The zero-order valence-corrected chi connectivity index (χ0v) is 6.79. The minimum atomic E-state index is -0.170. The second-order valence-corrected chi connectivity index (χ2v) is 2.55. The van der Waals surface area contributed by atoms with Crippen LogP contribution in [0.15, 0.2) is 0 Å². The molecule has 0 aliphatic carbocycles. The summed E-state index contributed by atoms with van der Waals surface area (Å²) in [5.74, 6) is -0.159. The topological polar surface area (TPSA) is 47.6 Å². The van der Waals surface area contributed by atoms with Crippen LogP contribution in [0, 0.1) is 5.92 Å². The summed E-state index contributed by atoms with van der Waals surface area (Å²) >= 11 is 0. The van der Waals surface area contributed by atoms with Gasteiger partial charge < -0.3 is 14.8 Å². The van der Waals surface area contributed by atoms with Crippen LogP contribution in [-0.4, -0.2) is 32.5 Å². The molecule has 0 aromatic carbocycles. The molecule has 0 saturated carbocycles. The fourth-order valence-electron chi connectivity index (χ4n) is 0.955. The summed E-state index contributed by atoms with van der Waals surface area (Å²) in [6, 6.07) is 0. The molecule has 0 unspecified atom stereocenters. The Hall–Kier alpha value is -0.610. The van der Waals surface area contributed by atoms with Crippen molar-refractivity contribution in [3.05, 3.63) is 0 Å². The van der Waals surface area contributed by atoms with Gasteiger partial charge in [0, 0.05) is 7.05 Å². The van der Waals surface area contributed by atoms with E-state index in [2.05, 4.69) is 5.32 Å². The summed E-state index contributed by atoms with van der Waals surface area (Å²) in [5.41, 5.74) is 0. The SMILES string of the molecule is CNC(=O)C1COC(C)OC1. The monoisotopic (exact) mass is 159 g/mol. The Morgan fingerprint density at radius 1 is 1.45 bits per heavy atom. The highest BCUT2D eigenvalue weighted by Gasteiger charge is 2.24. The molecule has 1 N–H and O–H groups in total. The summed E-state index contributed by atoms with van der Waals surface area (Å²) in [4.78, 5) is 11.0. The summed E-state index contributed by atoms with van der Waals surface area (Å²) in [6.45, 7) is 2.74. The van der Waals surface area contributed by atoms with Crippen LogP contribution in [0.2, 0.25) is 0 Å². The summed E-state index contributed by atoms with van der Waals surface area (Å²) in [7, 11) is 1.61. The van der Waals surface area contributed by atoms with Crippen molar-refractivity contribution in [1.29, 1.82) is 0 Å². The highest BCUT2D eigenvalue weighted by atomic mass is 16.7. The molecule has 0 atom stereocenters. The molecule has 1 heterocycles. The first kappa shape index (κ1) is 8.49. The number of amides is 1. The van der Waals surface area contributed by atoms with Gasteiger partial charge in [-0.05, 0) is 6.92 Å². The van der Waals surface area contributed by atoms with E-state index in [4.69, 9.17) is 9.47 Å². The lowest BCUT2D eigenvalue weighted by Crippen LogP contribution is -2.39. The van der Waals surface area contributed by atoms with E-state index in [0.29, 0.717) is 13.2 Å². The summed E-state index contributed by atoms with van der Waals surface area (Å²) in [6.07, 6.45) is -0.170. The van der Waals surface area contributed by atoms with Crippen molar-refractivity contribution in [1.82, 2.24) is 5.32 Å². The van der Waals surface area contributed by atoms with Crippen LogP contribution in [0.25, 0.3) is 0 Å². The first-order valence-corrected chi connectivity index (χ1v) is 3.69. The third kappa shape index (κ3) is 2.17. The van der Waals surface area contributed by atoms with E-state index in [1.165, 1.54) is 0 Å². The Balaban J connectivity index is 2.33. The number of hydrogen-bond acceptors (Lipinski definition) is 3. The van der Waals surface area contributed by atoms with Gasteiger partial charge in [0.2, 0.25) is 5.91 Å². The van der Waals surface area contributed by atoms with Crippen LogP contribution in [0.3, 0.4) is 0 Å². The minimum absolute atomic E-state index is 0.0168. The molecule has 1 rings (SSSR count). The van der Waals surface area contributed by atoms with Gasteiger partial charge in [0.05, 0.1) is 19.1 Å². The Morgan fingerprint density at radius 3 is 2.45 bits per heavy atom. The zero-order valence-electron chi connectivity index (χ0n) is 6.79. The number of rotatable bonds is 1. The maximum atomic E-state index is 11.0. The molecule has 1 fully saturated rings. The molecule has 1 aliphatic heterocycles. The van der Waals surface area contributed by atoms with Crippen molar-refractivity contribution in [2.24, 2.45) is 5.92 Å². The van der Waals surface area contributed by atoms with Gasteiger partial charge in [-0.1, -0.05) is 0 Å². The maximum absolute atomic E-state index is 11.0. The van der Waals surface area contributed by atoms with Gasteiger partial charge >= 0.3 is 0 Å². The molecule has 4 nitrogen and oxygen atoms in total. The third-order valence-electron chi connectivity index (χ3n) is 1.68. The van der Waals surface area contributed by atoms with E-state index in [1.807, 2.05) is 6.92 Å². The Kier molecular flexibility index (Phi) is 2.84. The predicted octanol–water partition coefficient (Wildman–Crippen LogP) is -0.259. The lowest BCUT2D eigenvalue weighted by atomic mass is 10.1. The van der Waals surface area contributed by atoms with E-state index in [0.717, 1.165) is 0 Å². The summed E-state index contributed by atoms with van der Waals surface area (Å²) < 4.78 is 10.3. The van der Waals surface area contributed by atoms with Gasteiger partial charge in [-0.25, -0.2) is 0 Å². The molecule has 1 amide bonds. The van der Waals surface area contributed by atoms with Gasteiger partial charge in [-0.2, -0.15) is 0 Å². The van der Waals surface area contributed by atoms with Crippen LogP contribution in [0.1, 0.15) is 6.92 Å². The normalized spacial score (nSPS) is 31.5. The standard InChI is InChI=1S/C7H13NO3/c1-5-10-3-6(4-11-5)7(9)8-2/h5-6H,3-4H2,1-2H3,(H,8,9). The highest BCUT2D eigenvalue weighted by molar-refractivity contribution is 5.78. The van der Waals surface area contributed by atoms with Crippen molar-refractivity contribution in [2.75, 3.05) is 20.3 Å². The van der Waals surface area contributed by atoms with Gasteiger partial charge in [0.1, 0.15) is 0 Å². The van der Waals surface area contributed by atoms with Crippen LogP contribution >= 0.6 is 0 Å². The second-order valence-electron chi connectivity index (χ2n) is 2.55. The smallest absolute Gasteiger partial charge is 0.227 e. The van der Waals surface area contributed by atoms with E-state index < -0.39 is 0 Å². The lowest BCUT2D eigenvalue weighted by molar-refractivity contribution is -0.192. The van der Waals surface area contributed by atoms with Crippen LogP contribution < -0.4 is 5.32 Å². The maximum Gasteiger partial charge on any atom is 0.227 e. The number of carbonyl (C=O) groups excluding carboxylic acids is 1. The average Bonchev–Trinajstić information content (AvgIpc) is 2.05. The first-order valence-electron chi connectivity index (χ1n) is 3.69. The molecular weight excluding hydrogens is 146 g/mol. The Bertz CT molecular complexity index is 141. The second kappa shape index (κ2) is 3.69. The van der Waals surface area contributed by atoms with Crippen molar-refractivity contribution >= 4 is 5.91 Å². The Morgan fingerprint density at radius 2 is 2.00 bits per heavy atom. The molecule has 0 spiro atoms. The van der Waals surface area contributed by atoms with Crippen molar-refractivity contribution < 1.29 is 14.3 Å². The lowest BCUT2D eigenvalue weighted by Gasteiger charge is -2.25. The molecule has 1 saturated heterocycles. The van der Waals surface area contributed by atoms with E-state index in [1.54, 1.807) is 7.05 Å². The fraction of sp³-hybridized carbons (Fsp3) is 0.857. The molecular formula is C7H13NO3. The summed E-state index contributed by atoms with van der Waals surface area (Å²) in [5, 5.41) is 2.55. The molecule has 0 aromatic heterocycles. The zero-order chi connectivity index (χ0) is 8.27. The molecule has 11 heavy (non-hydrogen) atoms. The van der Waals surface area contributed by atoms with E-state index in [-0.39, 0.29) is 18.1 Å². The minimum Gasteiger partial charge on any atom is -0.359 e. The van der Waals surface area contributed by atoms with Crippen LogP contribution in [0.4, 0.5) is 0 Å². The van der Waals surface area contributed by atoms with Crippen LogP contribution in [0.5, 0.6) is 0 Å². The Labute approximate surface area is 65.9 Å². The van der Waals surface area contributed by atoms with Crippen molar-refractivity contribution in [3.63, 3.8) is 0 Å². The molecule has 0 aromatic rings. The highest BCUT2D eigenvalue weighted by Crippen LogP contribution is 2.09. The van der Waals surface area contributed by atoms with Crippen molar-refractivity contribution in [3.8, 4) is 0 Å². The largest absolute Gasteiger partial charge is 0.359 e. The van der Waals surface area contributed by atoms with E-state index >= 15 is 0 Å². The molecule has 0 bridgehead atoms. The molecule has 4 heteroatoms. The average molecular weight is 159 g/mol. The van der Waals surface area contributed by atoms with Gasteiger partial charge in [0.25, 0.3) is 0 Å². The first-order chi connectivity index (χ1) is 5.24. The van der Waals surface area contributed by atoms with Gasteiger partial charge in [0.15, 0.2) is 6.29 Å². The van der Waals surface area contributed by atoms with Gasteiger partial charge in [-0.15, -0.1) is 0 Å². The third-order valence-corrected chi connectivity index (χ3v) is 1.68. The fourth-order valence-corrected chi connectivity index (χ4v) is 0.955. The van der Waals surface area contributed by atoms with Crippen LogP contribution in [-0.2, 0) is 14.3 Å². The number of nitrogens with one attached hydrogen (secondary N) is 1. The van der Waals surface area contributed by atoms with Crippen molar-refractivity contribution in [2.45, 2.75) is 13.2 Å². The van der Waals surface area contributed by atoms with Gasteiger partial charge in [-0.3, -0.25) is 4.79 Å². The molecule has 0 radical (unpaired) electrons. The number of carbonyl (C=O) groups is 1. The predicted molar refractivity (Wildman–Crippen MR) is 38.9 cm³/mol. The quantitative estimate of drug-likeness (QED) is 0.573. The number of ether oxygens (including phenoxy) is 2.